The Kier molecular flexibility index (Phi) is 5.57. The number of nitrogen functional groups attached to an aromatic ring is 1. The highest BCUT2D eigenvalue weighted by atomic mass is 19.4. The third kappa shape index (κ3) is 6.64. The Morgan fingerprint density at radius 3 is 2.19 bits per heavy atom. The van der Waals surface area contributed by atoms with Crippen molar-refractivity contribution < 1.29 is 22.8 Å². The molecular formula is C13H16F3N3O2. The summed E-state index contributed by atoms with van der Waals surface area (Å²) < 4.78 is 36.4. The molecular weight excluding hydrogens is 287 g/mol. The van der Waals surface area contributed by atoms with Crippen molar-refractivity contribution in [2.75, 3.05) is 12.3 Å². The fraction of sp³-hybridized carbons (Fsp3) is 0.385. The first kappa shape index (κ1) is 16.8. The van der Waals surface area contributed by atoms with Gasteiger partial charge in [-0.05, 0) is 17.7 Å². The SMILES string of the molecule is NC(=O)CN(Cc1ccc(N)cc1)C(=O)CCC(F)(F)F. The number of nitrogens with zero attached hydrogens (tertiary/aromatic N) is 1. The van der Waals surface area contributed by atoms with Crippen molar-refractivity contribution in [3.05, 3.63) is 29.8 Å². The zero-order chi connectivity index (χ0) is 16.0. The highest BCUT2D eigenvalue weighted by Gasteiger charge is 2.29. The third-order valence-corrected chi connectivity index (χ3v) is 2.67. The number of hydrogen-bond donors (Lipinski definition) is 2. The van der Waals surface area contributed by atoms with Crippen molar-refractivity contribution in [3.63, 3.8) is 0 Å². The van der Waals surface area contributed by atoms with E-state index in [1.807, 2.05) is 0 Å². The first-order valence-electron chi connectivity index (χ1n) is 6.14. The average molecular weight is 303 g/mol. The fourth-order valence-electron chi connectivity index (χ4n) is 1.67. The van der Waals surface area contributed by atoms with Crippen LogP contribution in [0.3, 0.4) is 0 Å². The van der Waals surface area contributed by atoms with E-state index in [1.165, 1.54) is 0 Å². The number of alkyl halides is 3. The van der Waals surface area contributed by atoms with Crippen LogP contribution in [0.25, 0.3) is 0 Å². The van der Waals surface area contributed by atoms with Gasteiger partial charge < -0.3 is 16.4 Å². The largest absolute Gasteiger partial charge is 0.399 e. The Bertz CT molecular complexity index is 500. The van der Waals surface area contributed by atoms with E-state index < -0.39 is 37.4 Å². The van der Waals surface area contributed by atoms with Crippen LogP contribution in [0.2, 0.25) is 0 Å². The topological polar surface area (TPSA) is 89.4 Å². The smallest absolute Gasteiger partial charge is 0.389 e. The number of rotatable bonds is 6. The van der Waals surface area contributed by atoms with Gasteiger partial charge in [0.1, 0.15) is 0 Å². The molecule has 0 unspecified atom stereocenters. The lowest BCUT2D eigenvalue weighted by molar-refractivity contribution is -0.150. The second-order valence-corrected chi connectivity index (χ2v) is 4.57. The summed E-state index contributed by atoms with van der Waals surface area (Å²) in [5.74, 6) is -1.56. The van der Waals surface area contributed by atoms with Crippen LogP contribution in [0.5, 0.6) is 0 Å². The molecule has 0 aromatic heterocycles. The van der Waals surface area contributed by atoms with Gasteiger partial charge in [0.25, 0.3) is 0 Å². The summed E-state index contributed by atoms with van der Waals surface area (Å²) in [6.07, 6.45) is -6.37. The van der Waals surface area contributed by atoms with Gasteiger partial charge in [-0.3, -0.25) is 9.59 Å². The summed E-state index contributed by atoms with van der Waals surface area (Å²) in [6, 6.07) is 6.44. The van der Waals surface area contributed by atoms with E-state index in [0.29, 0.717) is 11.3 Å². The number of anilines is 1. The monoisotopic (exact) mass is 303 g/mol. The molecule has 1 aromatic carbocycles. The van der Waals surface area contributed by atoms with Crippen LogP contribution in [0.15, 0.2) is 24.3 Å². The van der Waals surface area contributed by atoms with E-state index in [0.717, 1.165) is 4.90 Å². The van der Waals surface area contributed by atoms with Gasteiger partial charge in [-0.1, -0.05) is 12.1 Å². The Hall–Kier alpha value is -2.25. The average Bonchev–Trinajstić information content (AvgIpc) is 2.36. The molecule has 1 rings (SSSR count). The second kappa shape index (κ2) is 6.96. The van der Waals surface area contributed by atoms with E-state index in [2.05, 4.69) is 0 Å². The standard InChI is InChI=1S/C13H16F3N3O2/c14-13(15,16)6-5-12(21)19(8-11(18)20)7-9-1-3-10(17)4-2-9/h1-4H,5-8,17H2,(H2,18,20). The highest BCUT2D eigenvalue weighted by molar-refractivity contribution is 5.83. The summed E-state index contributed by atoms with van der Waals surface area (Å²) in [7, 11) is 0. The Morgan fingerprint density at radius 1 is 1.14 bits per heavy atom. The molecule has 0 saturated heterocycles. The molecule has 0 aliphatic rings. The zero-order valence-electron chi connectivity index (χ0n) is 11.2. The quantitative estimate of drug-likeness (QED) is 0.779. The van der Waals surface area contributed by atoms with Gasteiger partial charge in [0.05, 0.1) is 13.0 Å². The normalized spacial score (nSPS) is 11.2. The summed E-state index contributed by atoms with van der Waals surface area (Å²) in [4.78, 5) is 23.7. The number of carbonyl (C=O) groups is 2. The first-order chi connectivity index (χ1) is 9.67. The number of halogens is 3. The molecule has 4 N–H and O–H groups in total. The Balaban J connectivity index is 2.72. The van der Waals surface area contributed by atoms with Crippen LogP contribution >= 0.6 is 0 Å². The highest BCUT2D eigenvalue weighted by Crippen LogP contribution is 2.22. The van der Waals surface area contributed by atoms with Gasteiger partial charge in [0.15, 0.2) is 0 Å². The fourth-order valence-corrected chi connectivity index (χ4v) is 1.67. The lowest BCUT2D eigenvalue weighted by atomic mass is 10.1. The van der Waals surface area contributed by atoms with Crippen molar-refractivity contribution in [3.8, 4) is 0 Å². The van der Waals surface area contributed by atoms with Crippen LogP contribution in [-0.2, 0) is 16.1 Å². The minimum atomic E-state index is -4.42. The molecule has 0 saturated carbocycles. The van der Waals surface area contributed by atoms with E-state index >= 15 is 0 Å². The van der Waals surface area contributed by atoms with Crippen molar-refractivity contribution in [1.29, 1.82) is 0 Å². The number of hydrogen-bond acceptors (Lipinski definition) is 3. The van der Waals surface area contributed by atoms with Crippen LogP contribution in [0.4, 0.5) is 18.9 Å². The van der Waals surface area contributed by atoms with Crippen LogP contribution < -0.4 is 11.5 Å². The number of primary amides is 1. The molecule has 2 amide bonds. The molecule has 0 bridgehead atoms. The predicted octanol–water partition coefficient (Wildman–Crippen LogP) is 1.43. The Morgan fingerprint density at radius 2 is 1.71 bits per heavy atom. The maximum absolute atomic E-state index is 12.1. The number of amides is 2. The maximum atomic E-state index is 12.1. The number of benzene rings is 1. The van der Waals surface area contributed by atoms with Crippen molar-refractivity contribution >= 4 is 17.5 Å². The lowest BCUT2D eigenvalue weighted by Crippen LogP contribution is -2.38. The third-order valence-electron chi connectivity index (χ3n) is 2.67. The first-order valence-corrected chi connectivity index (χ1v) is 6.14. The summed E-state index contributed by atoms with van der Waals surface area (Å²) in [6.45, 7) is -0.430. The van der Waals surface area contributed by atoms with Gasteiger partial charge in [-0.25, -0.2) is 0 Å². The summed E-state index contributed by atoms with van der Waals surface area (Å²) in [5, 5.41) is 0. The molecule has 0 atom stereocenters. The van der Waals surface area contributed by atoms with Gasteiger partial charge in [0.2, 0.25) is 11.8 Å². The molecule has 0 spiro atoms. The molecule has 0 fully saturated rings. The van der Waals surface area contributed by atoms with Crippen LogP contribution in [0, 0.1) is 0 Å². The van der Waals surface area contributed by atoms with E-state index in [1.54, 1.807) is 24.3 Å². The summed E-state index contributed by atoms with van der Waals surface area (Å²) >= 11 is 0. The predicted molar refractivity (Wildman–Crippen MR) is 70.8 cm³/mol. The molecule has 0 aliphatic carbocycles. The minimum Gasteiger partial charge on any atom is -0.399 e. The minimum absolute atomic E-state index is 0.0000888. The van der Waals surface area contributed by atoms with Crippen LogP contribution in [-0.4, -0.2) is 29.4 Å². The Labute approximate surface area is 119 Å². The van der Waals surface area contributed by atoms with E-state index in [-0.39, 0.29) is 6.54 Å². The molecule has 21 heavy (non-hydrogen) atoms. The maximum Gasteiger partial charge on any atom is 0.389 e. The molecule has 116 valence electrons. The molecule has 0 heterocycles. The van der Waals surface area contributed by atoms with Gasteiger partial charge in [-0.2, -0.15) is 13.2 Å². The van der Waals surface area contributed by atoms with Crippen molar-refractivity contribution in [2.24, 2.45) is 5.73 Å². The van der Waals surface area contributed by atoms with Crippen molar-refractivity contribution in [1.82, 2.24) is 4.90 Å². The van der Waals surface area contributed by atoms with Gasteiger partial charge in [-0.15, -0.1) is 0 Å². The molecule has 0 aliphatic heterocycles. The molecule has 8 heteroatoms. The van der Waals surface area contributed by atoms with Gasteiger partial charge in [0, 0.05) is 18.7 Å². The van der Waals surface area contributed by atoms with Crippen molar-refractivity contribution in [2.45, 2.75) is 25.6 Å². The number of nitrogens with two attached hydrogens (primary N) is 2. The van der Waals surface area contributed by atoms with Crippen LogP contribution in [0.1, 0.15) is 18.4 Å². The van der Waals surface area contributed by atoms with E-state index in [4.69, 9.17) is 11.5 Å². The van der Waals surface area contributed by atoms with Gasteiger partial charge >= 0.3 is 6.18 Å². The zero-order valence-corrected chi connectivity index (χ0v) is 11.2. The number of carbonyl (C=O) groups excluding carboxylic acids is 2. The van der Waals surface area contributed by atoms with E-state index in [9.17, 15) is 22.8 Å². The lowest BCUT2D eigenvalue weighted by Gasteiger charge is -2.21. The molecule has 5 nitrogen and oxygen atoms in total. The molecule has 0 radical (unpaired) electrons. The molecule has 1 aromatic rings. The summed E-state index contributed by atoms with van der Waals surface area (Å²) in [5.41, 5.74) is 11.7. The second-order valence-electron chi connectivity index (χ2n) is 4.57.